The van der Waals surface area contributed by atoms with E-state index >= 15 is 0 Å². The van der Waals surface area contributed by atoms with E-state index in [1.807, 2.05) is 26.0 Å². The van der Waals surface area contributed by atoms with Gasteiger partial charge in [-0.1, -0.05) is 23.7 Å². The lowest BCUT2D eigenvalue weighted by Crippen LogP contribution is -2.21. The number of carboxylic acids is 1. The molecule has 0 atom stereocenters. The smallest absolute Gasteiger partial charge is 0.339 e. The zero-order chi connectivity index (χ0) is 18.6. The van der Waals surface area contributed by atoms with E-state index in [1.54, 1.807) is 6.07 Å². The average molecular weight is 364 g/mol. The quantitative estimate of drug-likeness (QED) is 0.817. The summed E-state index contributed by atoms with van der Waals surface area (Å²) in [6, 6.07) is 8.18. The molecule has 0 saturated heterocycles. The standard InChI is InChI=1S/C18H18ClNO5/c1-10-5-4-6-15(11(10)2)25-9-17(21)20-14-8-16(24-3)12(18(22)23)7-13(14)19/h4-8H,9H2,1-3H3,(H,20,21)(H,22,23). The molecular formula is C18H18ClNO5. The third kappa shape index (κ3) is 4.42. The van der Waals surface area contributed by atoms with Gasteiger partial charge in [0.15, 0.2) is 6.61 Å². The van der Waals surface area contributed by atoms with Gasteiger partial charge in [0.1, 0.15) is 17.1 Å². The number of hydrogen-bond donors (Lipinski definition) is 2. The molecule has 0 bridgehead atoms. The molecule has 25 heavy (non-hydrogen) atoms. The number of carbonyl (C=O) groups excluding carboxylic acids is 1. The molecule has 0 aliphatic heterocycles. The highest BCUT2D eigenvalue weighted by molar-refractivity contribution is 6.34. The van der Waals surface area contributed by atoms with Crippen LogP contribution in [0.25, 0.3) is 0 Å². The van der Waals surface area contributed by atoms with Crippen LogP contribution in [0.5, 0.6) is 11.5 Å². The first-order valence-electron chi connectivity index (χ1n) is 7.43. The topological polar surface area (TPSA) is 84.9 Å². The number of benzene rings is 2. The monoisotopic (exact) mass is 363 g/mol. The van der Waals surface area contributed by atoms with Crippen LogP contribution in [0.4, 0.5) is 5.69 Å². The number of ether oxygens (including phenoxy) is 2. The Morgan fingerprint density at radius 1 is 1.20 bits per heavy atom. The number of aromatic carboxylic acids is 1. The number of halogens is 1. The molecule has 2 aromatic carbocycles. The van der Waals surface area contributed by atoms with E-state index in [4.69, 9.17) is 26.2 Å². The highest BCUT2D eigenvalue weighted by atomic mass is 35.5. The average Bonchev–Trinajstić information content (AvgIpc) is 2.57. The summed E-state index contributed by atoms with van der Waals surface area (Å²) in [4.78, 5) is 23.2. The second-order valence-corrected chi connectivity index (χ2v) is 5.78. The Labute approximate surface area is 150 Å². The van der Waals surface area contributed by atoms with E-state index in [1.165, 1.54) is 19.2 Å². The lowest BCUT2D eigenvalue weighted by molar-refractivity contribution is -0.118. The SMILES string of the molecule is COc1cc(NC(=O)COc2cccc(C)c2C)c(Cl)cc1C(=O)O. The third-order valence-electron chi connectivity index (χ3n) is 3.71. The van der Waals surface area contributed by atoms with Crippen molar-refractivity contribution in [2.75, 3.05) is 19.0 Å². The zero-order valence-electron chi connectivity index (χ0n) is 14.1. The van der Waals surface area contributed by atoms with Gasteiger partial charge in [-0.3, -0.25) is 4.79 Å². The molecule has 2 rings (SSSR count). The van der Waals surface area contributed by atoms with Crippen molar-refractivity contribution in [3.05, 3.63) is 52.0 Å². The summed E-state index contributed by atoms with van der Waals surface area (Å²) in [5.41, 5.74) is 2.19. The largest absolute Gasteiger partial charge is 0.496 e. The van der Waals surface area contributed by atoms with Gasteiger partial charge in [0.25, 0.3) is 5.91 Å². The summed E-state index contributed by atoms with van der Waals surface area (Å²) in [6.07, 6.45) is 0. The molecule has 0 spiro atoms. The van der Waals surface area contributed by atoms with Crippen molar-refractivity contribution in [3.8, 4) is 11.5 Å². The van der Waals surface area contributed by atoms with E-state index in [-0.39, 0.29) is 28.6 Å². The minimum atomic E-state index is -1.17. The van der Waals surface area contributed by atoms with E-state index < -0.39 is 11.9 Å². The van der Waals surface area contributed by atoms with E-state index in [0.29, 0.717) is 5.75 Å². The Balaban J connectivity index is 2.10. The van der Waals surface area contributed by atoms with Crippen molar-refractivity contribution in [1.82, 2.24) is 0 Å². The van der Waals surface area contributed by atoms with Gasteiger partial charge in [-0.25, -0.2) is 4.79 Å². The fraction of sp³-hybridized carbons (Fsp3) is 0.222. The summed E-state index contributed by atoms with van der Waals surface area (Å²) in [7, 11) is 1.34. The van der Waals surface area contributed by atoms with Gasteiger partial charge in [-0.15, -0.1) is 0 Å². The van der Waals surface area contributed by atoms with Crippen LogP contribution in [0.15, 0.2) is 30.3 Å². The Morgan fingerprint density at radius 2 is 1.92 bits per heavy atom. The first kappa shape index (κ1) is 18.6. The Morgan fingerprint density at radius 3 is 2.56 bits per heavy atom. The van der Waals surface area contributed by atoms with Crippen molar-refractivity contribution >= 4 is 29.2 Å². The van der Waals surface area contributed by atoms with Crippen molar-refractivity contribution in [2.24, 2.45) is 0 Å². The van der Waals surface area contributed by atoms with Crippen molar-refractivity contribution in [1.29, 1.82) is 0 Å². The van der Waals surface area contributed by atoms with Crippen molar-refractivity contribution in [3.63, 3.8) is 0 Å². The maximum atomic E-state index is 12.1. The van der Waals surface area contributed by atoms with Crippen LogP contribution >= 0.6 is 11.6 Å². The summed E-state index contributed by atoms with van der Waals surface area (Å²) >= 11 is 6.04. The lowest BCUT2D eigenvalue weighted by Gasteiger charge is -2.13. The number of anilines is 1. The van der Waals surface area contributed by atoms with Gasteiger partial charge in [0.05, 0.1) is 17.8 Å². The summed E-state index contributed by atoms with van der Waals surface area (Å²) in [5, 5.41) is 11.8. The van der Waals surface area contributed by atoms with Gasteiger partial charge >= 0.3 is 5.97 Å². The van der Waals surface area contributed by atoms with Gasteiger partial charge < -0.3 is 19.9 Å². The van der Waals surface area contributed by atoms with Crippen LogP contribution in [0.1, 0.15) is 21.5 Å². The normalized spacial score (nSPS) is 10.2. The predicted octanol–water partition coefficient (Wildman–Crippen LogP) is 3.68. The molecule has 0 fully saturated rings. The second kappa shape index (κ2) is 7.90. The summed E-state index contributed by atoms with van der Waals surface area (Å²) < 4.78 is 10.5. The third-order valence-corrected chi connectivity index (χ3v) is 4.02. The fourth-order valence-electron chi connectivity index (χ4n) is 2.20. The predicted molar refractivity (Wildman–Crippen MR) is 95.0 cm³/mol. The number of rotatable bonds is 6. The minimum absolute atomic E-state index is 0.0860. The molecule has 132 valence electrons. The number of carboxylic acid groups (broad SMARTS) is 1. The summed E-state index contributed by atoms with van der Waals surface area (Å²) in [5.74, 6) is -0.870. The lowest BCUT2D eigenvalue weighted by atomic mass is 10.1. The Bertz CT molecular complexity index is 819. The first-order valence-corrected chi connectivity index (χ1v) is 7.81. The molecule has 2 N–H and O–H groups in total. The molecule has 0 aromatic heterocycles. The molecule has 0 saturated carbocycles. The summed E-state index contributed by atoms with van der Waals surface area (Å²) in [6.45, 7) is 3.66. The number of aryl methyl sites for hydroxylation is 1. The Hall–Kier alpha value is -2.73. The molecule has 6 nitrogen and oxygen atoms in total. The second-order valence-electron chi connectivity index (χ2n) is 5.37. The van der Waals surface area contributed by atoms with Crippen molar-refractivity contribution < 1.29 is 24.2 Å². The fourth-order valence-corrected chi connectivity index (χ4v) is 2.41. The maximum Gasteiger partial charge on any atom is 0.339 e. The van der Waals surface area contributed by atoms with Crippen LogP contribution in [0.3, 0.4) is 0 Å². The van der Waals surface area contributed by atoms with E-state index in [9.17, 15) is 9.59 Å². The number of hydrogen-bond acceptors (Lipinski definition) is 4. The minimum Gasteiger partial charge on any atom is -0.496 e. The van der Waals surface area contributed by atoms with E-state index in [2.05, 4.69) is 5.32 Å². The van der Waals surface area contributed by atoms with Crippen LogP contribution in [-0.4, -0.2) is 30.7 Å². The zero-order valence-corrected chi connectivity index (χ0v) is 14.8. The van der Waals surface area contributed by atoms with Crippen LogP contribution < -0.4 is 14.8 Å². The molecule has 0 aliphatic carbocycles. The highest BCUT2D eigenvalue weighted by Crippen LogP contribution is 2.31. The molecule has 7 heteroatoms. The van der Waals surface area contributed by atoms with Gasteiger partial charge in [0.2, 0.25) is 0 Å². The van der Waals surface area contributed by atoms with Crippen molar-refractivity contribution in [2.45, 2.75) is 13.8 Å². The van der Waals surface area contributed by atoms with Gasteiger partial charge in [-0.05, 0) is 37.1 Å². The number of carbonyl (C=O) groups is 2. The van der Waals surface area contributed by atoms with E-state index in [0.717, 1.165) is 11.1 Å². The maximum absolute atomic E-state index is 12.1. The number of methoxy groups -OCH3 is 1. The first-order chi connectivity index (χ1) is 11.8. The van der Waals surface area contributed by atoms with Gasteiger partial charge in [-0.2, -0.15) is 0 Å². The van der Waals surface area contributed by atoms with Crippen LogP contribution in [0, 0.1) is 13.8 Å². The van der Waals surface area contributed by atoms with Gasteiger partial charge in [0, 0.05) is 6.07 Å². The molecule has 2 aromatic rings. The molecule has 0 radical (unpaired) electrons. The van der Waals surface area contributed by atoms with Crippen LogP contribution in [-0.2, 0) is 4.79 Å². The number of nitrogens with one attached hydrogen (secondary N) is 1. The highest BCUT2D eigenvalue weighted by Gasteiger charge is 2.16. The number of amides is 1. The molecule has 0 heterocycles. The molecule has 1 amide bonds. The Kier molecular flexibility index (Phi) is 5.88. The molecular weight excluding hydrogens is 346 g/mol. The molecule has 0 aliphatic rings. The van der Waals surface area contributed by atoms with Crippen LogP contribution in [0.2, 0.25) is 5.02 Å². The molecule has 0 unspecified atom stereocenters.